The van der Waals surface area contributed by atoms with Gasteiger partial charge in [0.05, 0.1) is 0 Å². The molecule has 0 aliphatic carbocycles. The van der Waals surface area contributed by atoms with E-state index in [1.54, 1.807) is 6.07 Å². The number of aryl methyl sites for hydroxylation is 1. The van der Waals surface area contributed by atoms with Gasteiger partial charge in [-0.15, -0.1) is 0 Å². The average molecular weight is 200 g/mol. The monoisotopic (exact) mass is 199 g/mol. The summed E-state index contributed by atoms with van der Waals surface area (Å²) in [6, 6.07) is 1.75. The maximum Gasteiger partial charge on any atom is 0.226 e. The first kappa shape index (κ1) is 10.3. The molecular formula is C9H14ClN3. The minimum Gasteiger partial charge on any atom is -0.344 e. The minimum absolute atomic E-state index is 0.505. The van der Waals surface area contributed by atoms with E-state index < -0.39 is 0 Å². The Hall–Kier alpha value is -0.830. The van der Waals surface area contributed by atoms with Crippen molar-refractivity contribution in [2.24, 2.45) is 0 Å². The molecule has 0 bridgehead atoms. The number of nitrogens with zero attached hydrogens (tertiary/aromatic N) is 3. The molecule has 0 N–H and O–H groups in total. The molecule has 0 atom stereocenters. The first-order valence-corrected chi connectivity index (χ1v) is 4.73. The minimum atomic E-state index is 0.505. The molecule has 0 aliphatic heterocycles. The van der Waals surface area contributed by atoms with Crippen LogP contribution in [0, 0.1) is 6.92 Å². The summed E-state index contributed by atoms with van der Waals surface area (Å²) in [7, 11) is 1.97. The van der Waals surface area contributed by atoms with Crippen molar-refractivity contribution in [3.8, 4) is 0 Å². The van der Waals surface area contributed by atoms with Gasteiger partial charge < -0.3 is 4.90 Å². The van der Waals surface area contributed by atoms with Crippen LogP contribution in [-0.4, -0.2) is 23.6 Å². The smallest absolute Gasteiger partial charge is 0.226 e. The Bertz CT molecular complexity index is 268. The van der Waals surface area contributed by atoms with Gasteiger partial charge in [-0.25, -0.2) is 9.97 Å². The normalized spacial score (nSPS) is 10.2. The molecule has 1 rings (SSSR count). The third-order valence-corrected chi connectivity index (χ3v) is 1.91. The number of anilines is 1. The Morgan fingerprint density at radius 2 is 2.15 bits per heavy atom. The summed E-state index contributed by atoms with van der Waals surface area (Å²) >= 11 is 5.82. The van der Waals surface area contributed by atoms with Crippen molar-refractivity contribution in [1.29, 1.82) is 0 Å². The lowest BCUT2D eigenvalue weighted by molar-refractivity contribution is 0.815. The molecule has 72 valence electrons. The number of halogens is 1. The van der Waals surface area contributed by atoms with Crippen LogP contribution >= 0.6 is 11.6 Å². The Labute approximate surface area is 83.8 Å². The van der Waals surface area contributed by atoms with E-state index in [1.165, 1.54) is 0 Å². The molecule has 0 unspecified atom stereocenters. The van der Waals surface area contributed by atoms with Crippen LogP contribution in [0.15, 0.2) is 6.07 Å². The molecule has 1 heterocycles. The van der Waals surface area contributed by atoms with Crippen LogP contribution in [-0.2, 0) is 0 Å². The first-order chi connectivity index (χ1) is 6.13. The topological polar surface area (TPSA) is 29.0 Å². The third kappa shape index (κ3) is 2.84. The number of hydrogen-bond acceptors (Lipinski definition) is 3. The number of aromatic nitrogens is 2. The fourth-order valence-electron chi connectivity index (χ4n) is 1.12. The number of rotatable bonds is 3. The van der Waals surface area contributed by atoms with Gasteiger partial charge in [0.15, 0.2) is 0 Å². The van der Waals surface area contributed by atoms with Gasteiger partial charge in [-0.2, -0.15) is 0 Å². The second-order valence-corrected chi connectivity index (χ2v) is 3.44. The van der Waals surface area contributed by atoms with E-state index in [2.05, 4.69) is 16.9 Å². The molecule has 3 nitrogen and oxygen atoms in total. The maximum atomic E-state index is 5.82. The van der Waals surface area contributed by atoms with Gasteiger partial charge in [-0.05, 0) is 19.4 Å². The fraction of sp³-hybridized carbons (Fsp3) is 0.556. The van der Waals surface area contributed by atoms with E-state index in [1.807, 2.05) is 18.9 Å². The number of hydrogen-bond donors (Lipinski definition) is 0. The summed E-state index contributed by atoms with van der Waals surface area (Å²) in [6.45, 7) is 4.98. The summed E-state index contributed by atoms with van der Waals surface area (Å²) in [5.41, 5.74) is 0.901. The predicted molar refractivity (Wildman–Crippen MR) is 55.3 cm³/mol. The molecule has 1 aromatic rings. The molecule has 0 spiro atoms. The Morgan fingerprint density at radius 1 is 1.46 bits per heavy atom. The SMILES string of the molecule is CCCN(C)c1nc(C)cc(Cl)n1. The highest BCUT2D eigenvalue weighted by molar-refractivity contribution is 6.29. The average Bonchev–Trinajstić information content (AvgIpc) is 2.03. The van der Waals surface area contributed by atoms with Gasteiger partial charge in [-0.1, -0.05) is 18.5 Å². The molecule has 0 radical (unpaired) electrons. The van der Waals surface area contributed by atoms with Crippen molar-refractivity contribution in [3.63, 3.8) is 0 Å². The lowest BCUT2D eigenvalue weighted by atomic mass is 10.4. The van der Waals surface area contributed by atoms with Gasteiger partial charge in [0.1, 0.15) is 5.15 Å². The van der Waals surface area contributed by atoms with Gasteiger partial charge in [0, 0.05) is 19.3 Å². The summed E-state index contributed by atoms with van der Waals surface area (Å²) in [5.74, 6) is 0.701. The highest BCUT2D eigenvalue weighted by Crippen LogP contribution is 2.12. The summed E-state index contributed by atoms with van der Waals surface area (Å²) in [6.07, 6.45) is 1.07. The highest BCUT2D eigenvalue weighted by atomic mass is 35.5. The van der Waals surface area contributed by atoms with Crippen LogP contribution in [0.3, 0.4) is 0 Å². The second kappa shape index (κ2) is 4.42. The summed E-state index contributed by atoms with van der Waals surface area (Å²) in [5, 5.41) is 0.505. The van der Waals surface area contributed by atoms with Crippen molar-refractivity contribution >= 4 is 17.5 Å². The van der Waals surface area contributed by atoms with Crippen LogP contribution < -0.4 is 4.90 Å². The molecule has 4 heteroatoms. The zero-order chi connectivity index (χ0) is 9.84. The van der Waals surface area contributed by atoms with Crippen LogP contribution in [0.2, 0.25) is 5.15 Å². The molecule has 0 amide bonds. The molecule has 1 aromatic heterocycles. The van der Waals surface area contributed by atoms with Crippen LogP contribution in [0.1, 0.15) is 19.0 Å². The van der Waals surface area contributed by atoms with Crippen LogP contribution in [0.25, 0.3) is 0 Å². The molecule has 0 saturated heterocycles. The van der Waals surface area contributed by atoms with E-state index in [9.17, 15) is 0 Å². The van der Waals surface area contributed by atoms with Gasteiger partial charge >= 0.3 is 0 Å². The second-order valence-electron chi connectivity index (χ2n) is 3.05. The van der Waals surface area contributed by atoms with Gasteiger partial charge in [0.25, 0.3) is 0 Å². The van der Waals surface area contributed by atoms with Crippen LogP contribution in [0.5, 0.6) is 0 Å². The largest absolute Gasteiger partial charge is 0.344 e. The van der Waals surface area contributed by atoms with E-state index in [-0.39, 0.29) is 0 Å². The summed E-state index contributed by atoms with van der Waals surface area (Å²) < 4.78 is 0. The van der Waals surface area contributed by atoms with E-state index in [4.69, 9.17) is 11.6 Å². The fourth-order valence-corrected chi connectivity index (χ4v) is 1.35. The Balaban J connectivity index is 2.87. The highest BCUT2D eigenvalue weighted by Gasteiger charge is 2.04. The third-order valence-electron chi connectivity index (χ3n) is 1.71. The zero-order valence-corrected chi connectivity index (χ0v) is 8.97. The zero-order valence-electron chi connectivity index (χ0n) is 8.21. The van der Waals surface area contributed by atoms with Crippen molar-refractivity contribution in [2.45, 2.75) is 20.3 Å². The van der Waals surface area contributed by atoms with Crippen molar-refractivity contribution < 1.29 is 0 Å². The Kier molecular flexibility index (Phi) is 3.48. The standard InChI is InChI=1S/C9H14ClN3/c1-4-5-13(3)9-11-7(2)6-8(10)12-9/h6H,4-5H2,1-3H3. The quantitative estimate of drug-likeness (QED) is 0.700. The van der Waals surface area contributed by atoms with E-state index in [0.717, 1.165) is 18.7 Å². The van der Waals surface area contributed by atoms with Crippen molar-refractivity contribution in [1.82, 2.24) is 9.97 Å². The van der Waals surface area contributed by atoms with Crippen molar-refractivity contribution in [3.05, 3.63) is 16.9 Å². The van der Waals surface area contributed by atoms with E-state index in [0.29, 0.717) is 11.1 Å². The first-order valence-electron chi connectivity index (χ1n) is 4.35. The van der Waals surface area contributed by atoms with Gasteiger partial charge in [-0.3, -0.25) is 0 Å². The molecule has 0 aromatic carbocycles. The van der Waals surface area contributed by atoms with Crippen molar-refractivity contribution in [2.75, 3.05) is 18.5 Å². The molecule has 13 heavy (non-hydrogen) atoms. The molecule has 0 aliphatic rings. The molecule has 0 saturated carbocycles. The summed E-state index contributed by atoms with van der Waals surface area (Å²) in [4.78, 5) is 10.4. The Morgan fingerprint density at radius 3 is 2.69 bits per heavy atom. The lowest BCUT2D eigenvalue weighted by Gasteiger charge is -2.15. The molecular weight excluding hydrogens is 186 g/mol. The van der Waals surface area contributed by atoms with E-state index >= 15 is 0 Å². The maximum absolute atomic E-state index is 5.82. The van der Waals surface area contributed by atoms with Crippen LogP contribution in [0.4, 0.5) is 5.95 Å². The molecule has 0 fully saturated rings. The predicted octanol–water partition coefficient (Wildman–Crippen LogP) is 2.28. The lowest BCUT2D eigenvalue weighted by Crippen LogP contribution is -2.20. The van der Waals surface area contributed by atoms with Gasteiger partial charge in [0.2, 0.25) is 5.95 Å².